The number of nitrogens with zero attached hydrogens (tertiary/aromatic N) is 1. The highest BCUT2D eigenvalue weighted by Crippen LogP contribution is 2.11. The molecular formula is C14H24N2. The molecule has 1 unspecified atom stereocenters. The van der Waals surface area contributed by atoms with Gasteiger partial charge in [-0.1, -0.05) is 31.2 Å². The van der Waals surface area contributed by atoms with Crippen molar-refractivity contribution in [3.8, 4) is 0 Å². The van der Waals surface area contributed by atoms with Gasteiger partial charge in [-0.15, -0.1) is 0 Å². The number of nitrogens with two attached hydrogens (primary N) is 1. The van der Waals surface area contributed by atoms with E-state index in [1.165, 1.54) is 11.1 Å². The van der Waals surface area contributed by atoms with Gasteiger partial charge in [0.25, 0.3) is 0 Å². The van der Waals surface area contributed by atoms with Crippen LogP contribution in [0.1, 0.15) is 18.1 Å². The fourth-order valence-corrected chi connectivity index (χ4v) is 1.98. The lowest BCUT2D eigenvalue weighted by Crippen LogP contribution is -2.29. The molecule has 0 saturated heterocycles. The van der Waals surface area contributed by atoms with Gasteiger partial charge in [0.1, 0.15) is 0 Å². The Labute approximate surface area is 99.5 Å². The van der Waals surface area contributed by atoms with E-state index in [2.05, 4.69) is 50.2 Å². The lowest BCUT2D eigenvalue weighted by atomic mass is 9.98. The van der Waals surface area contributed by atoms with Crippen molar-refractivity contribution in [1.29, 1.82) is 0 Å². The van der Waals surface area contributed by atoms with Crippen molar-refractivity contribution in [2.24, 2.45) is 11.7 Å². The molecule has 2 N–H and O–H groups in total. The molecule has 0 bridgehead atoms. The van der Waals surface area contributed by atoms with E-state index in [-0.39, 0.29) is 0 Å². The second-order valence-electron chi connectivity index (χ2n) is 4.74. The van der Waals surface area contributed by atoms with Crippen molar-refractivity contribution in [2.45, 2.75) is 19.8 Å². The Kier molecular flexibility index (Phi) is 5.50. The van der Waals surface area contributed by atoms with Crippen LogP contribution in [-0.2, 0) is 12.8 Å². The molecule has 0 fully saturated rings. The number of rotatable bonds is 6. The molecular weight excluding hydrogens is 196 g/mol. The second kappa shape index (κ2) is 6.66. The van der Waals surface area contributed by atoms with Crippen molar-refractivity contribution in [3.63, 3.8) is 0 Å². The third kappa shape index (κ3) is 4.33. The first kappa shape index (κ1) is 13.2. The summed E-state index contributed by atoms with van der Waals surface area (Å²) in [5.41, 5.74) is 8.60. The molecule has 1 aromatic carbocycles. The van der Waals surface area contributed by atoms with Crippen molar-refractivity contribution in [3.05, 3.63) is 35.4 Å². The van der Waals surface area contributed by atoms with Gasteiger partial charge in [-0.3, -0.25) is 0 Å². The minimum absolute atomic E-state index is 0.558. The number of benzene rings is 1. The van der Waals surface area contributed by atoms with E-state index in [9.17, 15) is 0 Å². The van der Waals surface area contributed by atoms with Gasteiger partial charge in [0.15, 0.2) is 0 Å². The van der Waals surface area contributed by atoms with E-state index in [1.807, 2.05) is 0 Å². The molecule has 2 nitrogen and oxygen atoms in total. The van der Waals surface area contributed by atoms with Crippen molar-refractivity contribution in [2.75, 3.05) is 27.2 Å². The van der Waals surface area contributed by atoms with Gasteiger partial charge in [-0.2, -0.15) is 0 Å². The molecule has 16 heavy (non-hydrogen) atoms. The smallest absolute Gasteiger partial charge is 0.00188 e. The van der Waals surface area contributed by atoms with Crippen LogP contribution in [0.2, 0.25) is 0 Å². The van der Waals surface area contributed by atoms with E-state index < -0.39 is 0 Å². The number of hydrogen-bond acceptors (Lipinski definition) is 2. The van der Waals surface area contributed by atoms with Gasteiger partial charge in [0, 0.05) is 6.54 Å². The molecule has 0 aromatic heterocycles. The van der Waals surface area contributed by atoms with Crippen LogP contribution in [0.4, 0.5) is 0 Å². The maximum absolute atomic E-state index is 5.80. The molecule has 0 heterocycles. The molecule has 1 rings (SSSR count). The number of aryl methyl sites for hydroxylation is 1. The first-order chi connectivity index (χ1) is 7.65. The summed E-state index contributed by atoms with van der Waals surface area (Å²) in [6.45, 7) is 4.00. The van der Waals surface area contributed by atoms with Gasteiger partial charge in [0.2, 0.25) is 0 Å². The van der Waals surface area contributed by atoms with Gasteiger partial charge >= 0.3 is 0 Å². The van der Waals surface area contributed by atoms with Crippen LogP contribution in [0, 0.1) is 5.92 Å². The fraction of sp³-hybridized carbons (Fsp3) is 0.571. The Morgan fingerprint density at radius 1 is 1.12 bits per heavy atom. The highest BCUT2D eigenvalue weighted by Gasteiger charge is 2.08. The monoisotopic (exact) mass is 220 g/mol. The molecule has 0 aliphatic carbocycles. The topological polar surface area (TPSA) is 29.3 Å². The van der Waals surface area contributed by atoms with E-state index >= 15 is 0 Å². The van der Waals surface area contributed by atoms with Crippen LogP contribution in [0.5, 0.6) is 0 Å². The molecule has 0 aliphatic rings. The first-order valence-electron chi connectivity index (χ1n) is 6.08. The zero-order valence-electron chi connectivity index (χ0n) is 10.7. The van der Waals surface area contributed by atoms with Gasteiger partial charge < -0.3 is 10.6 Å². The summed E-state index contributed by atoms with van der Waals surface area (Å²) in [7, 11) is 4.20. The SMILES string of the molecule is CCc1ccc(CC(CN)CN(C)C)cc1. The van der Waals surface area contributed by atoms with Crippen molar-refractivity contribution < 1.29 is 0 Å². The molecule has 0 spiro atoms. The summed E-state index contributed by atoms with van der Waals surface area (Å²) in [6.07, 6.45) is 2.19. The average Bonchev–Trinajstić information content (AvgIpc) is 2.28. The third-order valence-electron chi connectivity index (χ3n) is 2.91. The van der Waals surface area contributed by atoms with Crippen LogP contribution in [0.3, 0.4) is 0 Å². The summed E-state index contributed by atoms with van der Waals surface area (Å²) >= 11 is 0. The molecule has 2 heteroatoms. The van der Waals surface area contributed by atoms with Crippen LogP contribution < -0.4 is 5.73 Å². The Hall–Kier alpha value is -0.860. The molecule has 1 aromatic rings. The van der Waals surface area contributed by atoms with Crippen LogP contribution in [0.15, 0.2) is 24.3 Å². The largest absolute Gasteiger partial charge is 0.330 e. The molecule has 0 amide bonds. The van der Waals surface area contributed by atoms with Gasteiger partial charge in [-0.25, -0.2) is 0 Å². The normalized spacial score (nSPS) is 13.1. The standard InChI is InChI=1S/C14H24N2/c1-4-12-5-7-13(8-6-12)9-14(10-15)11-16(2)3/h5-8,14H,4,9-11,15H2,1-3H3. The second-order valence-corrected chi connectivity index (χ2v) is 4.74. The molecule has 1 atom stereocenters. The minimum atomic E-state index is 0.558. The summed E-state index contributed by atoms with van der Waals surface area (Å²) in [5.74, 6) is 0.558. The molecule has 0 radical (unpaired) electrons. The summed E-state index contributed by atoms with van der Waals surface area (Å²) < 4.78 is 0. The first-order valence-corrected chi connectivity index (χ1v) is 6.08. The molecule has 0 saturated carbocycles. The van der Waals surface area contributed by atoms with E-state index in [4.69, 9.17) is 5.73 Å². The van der Waals surface area contributed by atoms with Crippen LogP contribution in [-0.4, -0.2) is 32.1 Å². The van der Waals surface area contributed by atoms with Crippen LogP contribution in [0.25, 0.3) is 0 Å². The lowest BCUT2D eigenvalue weighted by Gasteiger charge is -2.19. The molecule has 90 valence electrons. The quantitative estimate of drug-likeness (QED) is 0.793. The predicted octanol–water partition coefficient (Wildman–Crippen LogP) is 1.93. The van der Waals surface area contributed by atoms with Gasteiger partial charge in [0.05, 0.1) is 0 Å². The Balaban J connectivity index is 2.56. The summed E-state index contributed by atoms with van der Waals surface area (Å²) in [5, 5.41) is 0. The lowest BCUT2D eigenvalue weighted by molar-refractivity contribution is 0.327. The zero-order valence-corrected chi connectivity index (χ0v) is 10.7. The molecule has 0 aliphatic heterocycles. The maximum Gasteiger partial charge on any atom is 0.00188 e. The van der Waals surface area contributed by atoms with Crippen molar-refractivity contribution >= 4 is 0 Å². The van der Waals surface area contributed by atoms with E-state index in [1.54, 1.807) is 0 Å². The third-order valence-corrected chi connectivity index (χ3v) is 2.91. The summed E-state index contributed by atoms with van der Waals surface area (Å²) in [4.78, 5) is 2.21. The maximum atomic E-state index is 5.80. The summed E-state index contributed by atoms with van der Waals surface area (Å²) in [6, 6.07) is 8.91. The highest BCUT2D eigenvalue weighted by atomic mass is 15.1. The van der Waals surface area contributed by atoms with Crippen molar-refractivity contribution in [1.82, 2.24) is 4.90 Å². The average molecular weight is 220 g/mol. The minimum Gasteiger partial charge on any atom is -0.330 e. The van der Waals surface area contributed by atoms with E-state index in [0.29, 0.717) is 5.92 Å². The predicted molar refractivity (Wildman–Crippen MR) is 70.6 cm³/mol. The Bertz CT molecular complexity index is 290. The Morgan fingerprint density at radius 3 is 2.12 bits per heavy atom. The highest BCUT2D eigenvalue weighted by molar-refractivity contribution is 5.22. The zero-order chi connectivity index (χ0) is 12.0. The Morgan fingerprint density at radius 2 is 1.69 bits per heavy atom. The number of hydrogen-bond donors (Lipinski definition) is 1. The fourth-order valence-electron chi connectivity index (χ4n) is 1.98. The van der Waals surface area contributed by atoms with Gasteiger partial charge in [-0.05, 0) is 50.5 Å². The van der Waals surface area contributed by atoms with E-state index in [0.717, 1.165) is 25.9 Å². The van der Waals surface area contributed by atoms with Crippen LogP contribution >= 0.6 is 0 Å².